The first-order chi connectivity index (χ1) is 16.2. The highest BCUT2D eigenvalue weighted by Gasteiger charge is 2.13. The van der Waals surface area contributed by atoms with Crippen LogP contribution in [0.4, 0.5) is 11.6 Å². The monoisotopic (exact) mass is 448 g/mol. The Hall–Kier alpha value is -3.66. The van der Waals surface area contributed by atoms with E-state index in [0.29, 0.717) is 73.8 Å². The highest BCUT2D eigenvalue weighted by Crippen LogP contribution is 2.13. The van der Waals surface area contributed by atoms with E-state index in [4.69, 9.17) is 14.2 Å². The molecule has 2 aromatic heterocycles. The SMILES string of the molecule is O=C1Nc2cccc(n2)COCCOCCOCc2cccc(n2)NC(=O)c2cccc1c2. The summed E-state index contributed by atoms with van der Waals surface area (Å²) in [7, 11) is 0. The molecular formula is C24H24N4O5. The van der Waals surface area contributed by atoms with E-state index in [0.717, 1.165) is 0 Å². The van der Waals surface area contributed by atoms with Crippen molar-refractivity contribution in [3.63, 3.8) is 0 Å². The largest absolute Gasteiger partial charge is 0.377 e. The molecule has 33 heavy (non-hydrogen) atoms. The Morgan fingerprint density at radius 1 is 0.606 bits per heavy atom. The van der Waals surface area contributed by atoms with E-state index in [1.165, 1.54) is 6.07 Å². The normalized spacial score (nSPS) is 16.0. The van der Waals surface area contributed by atoms with Gasteiger partial charge in [0.15, 0.2) is 0 Å². The third-order valence-corrected chi connectivity index (χ3v) is 4.73. The molecule has 1 aromatic carbocycles. The van der Waals surface area contributed by atoms with Crippen LogP contribution >= 0.6 is 0 Å². The summed E-state index contributed by atoms with van der Waals surface area (Å²) in [6.45, 7) is 2.26. The second-order valence-corrected chi connectivity index (χ2v) is 7.23. The maximum atomic E-state index is 12.7. The van der Waals surface area contributed by atoms with Crippen LogP contribution in [-0.4, -0.2) is 48.2 Å². The van der Waals surface area contributed by atoms with Crippen LogP contribution in [0, 0.1) is 0 Å². The Balaban J connectivity index is 1.54. The number of amides is 2. The lowest BCUT2D eigenvalue weighted by Gasteiger charge is -2.10. The van der Waals surface area contributed by atoms with Gasteiger partial charge in [0, 0.05) is 11.1 Å². The van der Waals surface area contributed by atoms with Crippen molar-refractivity contribution in [1.82, 2.24) is 9.97 Å². The van der Waals surface area contributed by atoms with Crippen molar-refractivity contribution >= 4 is 23.5 Å². The third kappa shape index (κ3) is 6.66. The standard InChI is InChI=1S/C24H24N4O5/c29-23-17-4-1-5-18(14-17)24(30)28-22-9-3-7-20(26-22)16-33-13-11-31-10-12-32-15-19-6-2-8-21(25-19)27-23/h1-9,14H,10-13,15-16H2,(H,25,27,29)(H,26,28,30). The van der Waals surface area contributed by atoms with Crippen LogP contribution in [-0.2, 0) is 27.4 Å². The molecule has 2 amide bonds. The van der Waals surface area contributed by atoms with Crippen molar-refractivity contribution in [3.8, 4) is 0 Å². The molecule has 0 spiro atoms. The molecule has 0 saturated heterocycles. The van der Waals surface area contributed by atoms with E-state index in [2.05, 4.69) is 20.6 Å². The fourth-order valence-corrected chi connectivity index (χ4v) is 3.13. The van der Waals surface area contributed by atoms with Gasteiger partial charge in [-0.05, 0) is 42.5 Å². The van der Waals surface area contributed by atoms with Crippen molar-refractivity contribution < 1.29 is 23.8 Å². The molecule has 6 bridgehead atoms. The van der Waals surface area contributed by atoms with Crippen molar-refractivity contribution in [2.45, 2.75) is 13.2 Å². The van der Waals surface area contributed by atoms with Crippen LogP contribution in [0.5, 0.6) is 0 Å². The van der Waals surface area contributed by atoms with Crippen LogP contribution < -0.4 is 10.6 Å². The van der Waals surface area contributed by atoms with E-state index in [1.54, 1.807) is 42.5 Å². The molecule has 3 aromatic rings. The minimum atomic E-state index is -0.372. The molecule has 0 radical (unpaired) electrons. The Morgan fingerprint density at radius 3 is 1.58 bits per heavy atom. The molecule has 1 aliphatic rings. The van der Waals surface area contributed by atoms with Crippen LogP contribution in [0.3, 0.4) is 0 Å². The van der Waals surface area contributed by atoms with Crippen molar-refractivity contribution in [2.24, 2.45) is 0 Å². The van der Waals surface area contributed by atoms with Gasteiger partial charge < -0.3 is 24.8 Å². The summed E-state index contributed by atoms with van der Waals surface area (Å²) in [6, 6.07) is 17.0. The van der Waals surface area contributed by atoms with Crippen molar-refractivity contribution in [1.29, 1.82) is 0 Å². The zero-order valence-corrected chi connectivity index (χ0v) is 18.0. The highest BCUT2D eigenvalue weighted by molar-refractivity contribution is 6.08. The number of nitrogens with zero attached hydrogens (tertiary/aromatic N) is 2. The second-order valence-electron chi connectivity index (χ2n) is 7.23. The minimum Gasteiger partial charge on any atom is -0.377 e. The third-order valence-electron chi connectivity index (χ3n) is 4.73. The van der Waals surface area contributed by atoms with Crippen molar-refractivity contribution in [3.05, 3.63) is 83.2 Å². The lowest BCUT2D eigenvalue weighted by atomic mass is 10.1. The number of fused-ring (bicyclic) bond motifs is 6. The topological polar surface area (TPSA) is 112 Å². The van der Waals surface area contributed by atoms with E-state index in [1.807, 2.05) is 12.1 Å². The molecule has 0 aliphatic carbocycles. The van der Waals surface area contributed by atoms with Gasteiger partial charge in [-0.1, -0.05) is 18.2 Å². The van der Waals surface area contributed by atoms with Gasteiger partial charge in [-0.15, -0.1) is 0 Å². The lowest BCUT2D eigenvalue weighted by molar-refractivity contribution is 0.00605. The number of hydrogen-bond acceptors (Lipinski definition) is 7. The summed E-state index contributed by atoms with van der Waals surface area (Å²) in [5, 5.41) is 5.52. The Morgan fingerprint density at radius 2 is 1.06 bits per heavy atom. The van der Waals surface area contributed by atoms with Gasteiger partial charge in [-0.2, -0.15) is 0 Å². The van der Waals surface area contributed by atoms with E-state index >= 15 is 0 Å². The van der Waals surface area contributed by atoms with Gasteiger partial charge in [-0.3, -0.25) is 9.59 Å². The van der Waals surface area contributed by atoms with Gasteiger partial charge in [0.25, 0.3) is 11.8 Å². The lowest BCUT2D eigenvalue weighted by Crippen LogP contribution is -2.17. The fraction of sp³-hybridized carbons (Fsp3) is 0.250. The first kappa shape index (κ1) is 22.5. The molecule has 1 aliphatic heterocycles. The molecule has 0 unspecified atom stereocenters. The van der Waals surface area contributed by atoms with Gasteiger partial charge in [0.1, 0.15) is 11.6 Å². The summed E-state index contributed by atoms with van der Waals surface area (Å²) in [4.78, 5) is 34.2. The first-order valence-corrected chi connectivity index (χ1v) is 10.6. The zero-order chi connectivity index (χ0) is 22.9. The highest BCUT2D eigenvalue weighted by atomic mass is 16.5. The number of hydrogen-bond donors (Lipinski definition) is 2. The maximum absolute atomic E-state index is 12.7. The average molecular weight is 448 g/mol. The molecule has 3 heterocycles. The number of benzene rings is 1. The van der Waals surface area contributed by atoms with Gasteiger partial charge in [0.2, 0.25) is 0 Å². The van der Waals surface area contributed by atoms with Crippen molar-refractivity contribution in [2.75, 3.05) is 37.1 Å². The van der Waals surface area contributed by atoms with E-state index in [-0.39, 0.29) is 11.8 Å². The summed E-state index contributed by atoms with van der Waals surface area (Å²) in [5.41, 5.74) is 2.03. The zero-order valence-electron chi connectivity index (χ0n) is 18.0. The minimum absolute atomic E-state index is 0.293. The van der Waals surface area contributed by atoms with Gasteiger partial charge >= 0.3 is 0 Å². The van der Waals surface area contributed by atoms with Gasteiger partial charge in [-0.25, -0.2) is 9.97 Å². The molecule has 170 valence electrons. The maximum Gasteiger partial charge on any atom is 0.256 e. The molecule has 0 atom stereocenters. The molecule has 9 heteroatoms. The van der Waals surface area contributed by atoms with Crippen LogP contribution in [0.25, 0.3) is 0 Å². The molecule has 0 saturated carbocycles. The smallest absolute Gasteiger partial charge is 0.256 e. The molecule has 4 rings (SSSR count). The summed E-state index contributed by atoms with van der Waals surface area (Å²) >= 11 is 0. The van der Waals surface area contributed by atoms with Crippen LogP contribution in [0.2, 0.25) is 0 Å². The average Bonchev–Trinajstić information content (AvgIpc) is 2.83. The summed E-state index contributed by atoms with van der Waals surface area (Å²) in [5.74, 6) is 0.0473. The number of anilines is 2. The first-order valence-electron chi connectivity index (χ1n) is 10.6. The number of nitrogens with one attached hydrogen (secondary N) is 2. The number of ether oxygens (including phenoxy) is 3. The Kier molecular flexibility index (Phi) is 7.70. The number of carbonyl (C=O) groups excluding carboxylic acids is 2. The summed E-state index contributed by atoms with van der Waals surface area (Å²) in [6.07, 6.45) is 0. The predicted molar refractivity (Wildman–Crippen MR) is 121 cm³/mol. The Bertz CT molecular complexity index is 1040. The van der Waals surface area contributed by atoms with Crippen LogP contribution in [0.1, 0.15) is 32.1 Å². The fourth-order valence-electron chi connectivity index (χ4n) is 3.13. The van der Waals surface area contributed by atoms with E-state index in [9.17, 15) is 9.59 Å². The van der Waals surface area contributed by atoms with E-state index < -0.39 is 0 Å². The van der Waals surface area contributed by atoms with Crippen LogP contribution in [0.15, 0.2) is 60.7 Å². The number of rotatable bonds is 0. The number of carbonyl (C=O) groups is 2. The number of pyridine rings is 2. The second kappa shape index (κ2) is 11.3. The molecule has 0 fully saturated rings. The number of aromatic nitrogens is 2. The quantitative estimate of drug-likeness (QED) is 0.544. The molecular weight excluding hydrogens is 424 g/mol. The predicted octanol–water partition coefficient (Wildman–Crippen LogP) is 3.04. The molecule has 9 nitrogen and oxygen atoms in total. The van der Waals surface area contributed by atoms with Gasteiger partial charge in [0.05, 0.1) is 51.0 Å². The Labute approximate surface area is 191 Å². The molecule has 2 N–H and O–H groups in total. The summed E-state index contributed by atoms with van der Waals surface area (Å²) < 4.78 is 16.7.